The smallest absolute Gasteiger partial charge is 0.260 e. The summed E-state index contributed by atoms with van der Waals surface area (Å²) in [6.45, 7) is 1.25. The number of aromatic nitrogens is 1. The summed E-state index contributed by atoms with van der Waals surface area (Å²) in [5.41, 5.74) is 0.163. The Morgan fingerprint density at radius 2 is 2.21 bits per heavy atom. The zero-order chi connectivity index (χ0) is 10.7. The van der Waals surface area contributed by atoms with E-state index >= 15 is 0 Å². The van der Waals surface area contributed by atoms with Crippen molar-refractivity contribution in [2.45, 2.75) is 6.92 Å². The maximum absolute atomic E-state index is 11.4. The van der Waals surface area contributed by atoms with Crippen molar-refractivity contribution in [3.63, 3.8) is 0 Å². The molecule has 1 rings (SSSR count). The first-order valence-corrected chi connectivity index (χ1v) is 4.81. The average molecular weight is 278 g/mol. The summed E-state index contributed by atoms with van der Waals surface area (Å²) in [7, 11) is 0. The number of imide groups is 1. The summed E-state index contributed by atoms with van der Waals surface area (Å²) < 4.78 is 0.621. The van der Waals surface area contributed by atoms with E-state index in [1.807, 2.05) is 0 Å². The number of hydrogen-bond acceptors (Lipinski definition) is 3. The van der Waals surface area contributed by atoms with Gasteiger partial charge in [-0.3, -0.25) is 14.9 Å². The highest BCUT2D eigenvalue weighted by Gasteiger charge is 2.12. The van der Waals surface area contributed by atoms with E-state index in [4.69, 9.17) is 11.6 Å². The van der Waals surface area contributed by atoms with Gasteiger partial charge in [0.15, 0.2) is 0 Å². The van der Waals surface area contributed by atoms with Crippen molar-refractivity contribution in [3.05, 3.63) is 27.5 Å². The second-order valence-corrected chi connectivity index (χ2v) is 3.78. The topological polar surface area (TPSA) is 59.1 Å². The SMILES string of the molecule is CC(=O)NC(=O)c1cc(Br)cnc1Cl. The molecule has 14 heavy (non-hydrogen) atoms. The van der Waals surface area contributed by atoms with E-state index in [-0.39, 0.29) is 10.7 Å². The fraction of sp³-hybridized carbons (Fsp3) is 0.125. The molecule has 0 spiro atoms. The Morgan fingerprint density at radius 3 is 2.79 bits per heavy atom. The van der Waals surface area contributed by atoms with Crippen LogP contribution in [0.5, 0.6) is 0 Å². The molecule has 0 radical (unpaired) electrons. The lowest BCUT2D eigenvalue weighted by Gasteiger charge is -2.02. The van der Waals surface area contributed by atoms with Gasteiger partial charge in [0.1, 0.15) is 5.15 Å². The largest absolute Gasteiger partial charge is 0.292 e. The number of halogens is 2. The standard InChI is InChI=1S/C8H6BrClN2O2/c1-4(13)12-8(14)6-2-5(9)3-11-7(6)10/h2-3H,1H3,(H,12,13,14). The second kappa shape index (κ2) is 4.52. The molecule has 1 N–H and O–H groups in total. The van der Waals surface area contributed by atoms with Crippen LogP contribution in [0.1, 0.15) is 17.3 Å². The van der Waals surface area contributed by atoms with Gasteiger partial charge in [-0.15, -0.1) is 0 Å². The van der Waals surface area contributed by atoms with E-state index in [9.17, 15) is 9.59 Å². The first-order chi connectivity index (χ1) is 6.50. The molecular formula is C8H6BrClN2O2. The molecule has 74 valence electrons. The molecule has 0 aliphatic rings. The molecule has 0 aromatic carbocycles. The van der Waals surface area contributed by atoms with E-state index in [1.165, 1.54) is 19.2 Å². The Balaban J connectivity index is 3.00. The van der Waals surface area contributed by atoms with Crippen LogP contribution in [-0.4, -0.2) is 16.8 Å². The molecule has 4 nitrogen and oxygen atoms in total. The maximum Gasteiger partial charge on any atom is 0.260 e. The number of amides is 2. The molecular weight excluding hydrogens is 271 g/mol. The molecule has 0 aliphatic heterocycles. The van der Waals surface area contributed by atoms with Crippen molar-refractivity contribution >= 4 is 39.3 Å². The molecule has 2 amide bonds. The van der Waals surface area contributed by atoms with Gasteiger partial charge in [-0.1, -0.05) is 11.6 Å². The molecule has 0 bridgehead atoms. The van der Waals surface area contributed by atoms with Gasteiger partial charge in [0.25, 0.3) is 5.91 Å². The van der Waals surface area contributed by atoms with Crippen LogP contribution < -0.4 is 5.32 Å². The Morgan fingerprint density at radius 1 is 1.57 bits per heavy atom. The molecule has 0 aliphatic carbocycles. The number of rotatable bonds is 1. The lowest BCUT2D eigenvalue weighted by molar-refractivity contribution is -0.118. The van der Waals surface area contributed by atoms with E-state index in [1.54, 1.807) is 0 Å². The van der Waals surface area contributed by atoms with E-state index in [2.05, 4.69) is 26.2 Å². The van der Waals surface area contributed by atoms with Gasteiger partial charge < -0.3 is 0 Å². The zero-order valence-corrected chi connectivity index (χ0v) is 9.52. The number of carbonyl (C=O) groups excluding carboxylic acids is 2. The molecule has 0 atom stereocenters. The quantitative estimate of drug-likeness (QED) is 0.796. The average Bonchev–Trinajstić information content (AvgIpc) is 2.08. The number of hydrogen-bond donors (Lipinski definition) is 1. The van der Waals surface area contributed by atoms with E-state index in [0.29, 0.717) is 4.47 Å². The van der Waals surface area contributed by atoms with Gasteiger partial charge >= 0.3 is 0 Å². The third-order valence-corrected chi connectivity index (χ3v) is 2.07. The Labute approximate surface area is 93.8 Å². The van der Waals surface area contributed by atoms with Crippen LogP contribution in [0.15, 0.2) is 16.7 Å². The third-order valence-electron chi connectivity index (χ3n) is 1.34. The minimum atomic E-state index is -0.559. The highest BCUT2D eigenvalue weighted by atomic mass is 79.9. The first-order valence-electron chi connectivity index (χ1n) is 3.63. The van der Waals surface area contributed by atoms with Crippen LogP contribution in [0, 0.1) is 0 Å². The van der Waals surface area contributed by atoms with Gasteiger partial charge in [0, 0.05) is 17.6 Å². The summed E-state index contributed by atoms with van der Waals surface area (Å²) in [5, 5.41) is 2.17. The highest BCUT2D eigenvalue weighted by molar-refractivity contribution is 9.10. The van der Waals surface area contributed by atoms with Crippen LogP contribution in [-0.2, 0) is 4.79 Å². The maximum atomic E-state index is 11.4. The van der Waals surface area contributed by atoms with Crippen molar-refractivity contribution in [1.29, 1.82) is 0 Å². The number of carbonyl (C=O) groups is 2. The fourth-order valence-electron chi connectivity index (χ4n) is 0.809. The summed E-state index contributed by atoms with van der Waals surface area (Å²) in [6, 6.07) is 1.49. The number of nitrogens with one attached hydrogen (secondary N) is 1. The van der Waals surface area contributed by atoms with Crippen molar-refractivity contribution in [1.82, 2.24) is 10.3 Å². The van der Waals surface area contributed by atoms with Gasteiger partial charge in [-0.2, -0.15) is 0 Å². The molecule has 0 fully saturated rings. The molecule has 0 saturated heterocycles. The number of nitrogens with zero attached hydrogens (tertiary/aromatic N) is 1. The predicted molar refractivity (Wildman–Crippen MR) is 55.1 cm³/mol. The van der Waals surface area contributed by atoms with Crippen molar-refractivity contribution < 1.29 is 9.59 Å². The zero-order valence-electron chi connectivity index (χ0n) is 7.17. The number of pyridine rings is 1. The monoisotopic (exact) mass is 276 g/mol. The minimum absolute atomic E-state index is 0.0620. The summed E-state index contributed by atoms with van der Waals surface area (Å²) in [6.07, 6.45) is 1.47. The van der Waals surface area contributed by atoms with Crippen LogP contribution in [0.3, 0.4) is 0 Å². The van der Waals surface area contributed by atoms with E-state index < -0.39 is 11.8 Å². The van der Waals surface area contributed by atoms with Gasteiger partial charge in [0.2, 0.25) is 5.91 Å². The summed E-state index contributed by atoms with van der Waals surface area (Å²) in [5.74, 6) is -0.998. The normalized spacial score (nSPS) is 9.64. The lowest BCUT2D eigenvalue weighted by Crippen LogP contribution is -2.28. The van der Waals surface area contributed by atoms with Crippen molar-refractivity contribution in [2.75, 3.05) is 0 Å². The molecule has 1 aromatic heterocycles. The Hall–Kier alpha value is -0.940. The van der Waals surface area contributed by atoms with E-state index in [0.717, 1.165) is 0 Å². The third kappa shape index (κ3) is 2.78. The first kappa shape index (κ1) is 11.1. The minimum Gasteiger partial charge on any atom is -0.292 e. The predicted octanol–water partition coefficient (Wildman–Crippen LogP) is 1.77. The van der Waals surface area contributed by atoms with Gasteiger partial charge in [0.05, 0.1) is 5.56 Å². The molecule has 1 aromatic rings. The van der Waals surface area contributed by atoms with Crippen LogP contribution >= 0.6 is 27.5 Å². The Bertz CT molecular complexity index is 395. The van der Waals surface area contributed by atoms with Crippen molar-refractivity contribution in [3.8, 4) is 0 Å². The molecule has 0 saturated carbocycles. The summed E-state index contributed by atoms with van der Waals surface area (Å²) >= 11 is 8.82. The van der Waals surface area contributed by atoms with Crippen LogP contribution in [0.2, 0.25) is 5.15 Å². The fourth-order valence-corrected chi connectivity index (χ4v) is 1.33. The molecule has 0 unspecified atom stereocenters. The molecule has 6 heteroatoms. The lowest BCUT2D eigenvalue weighted by atomic mass is 10.2. The molecule has 1 heterocycles. The van der Waals surface area contributed by atoms with Gasteiger partial charge in [-0.25, -0.2) is 4.98 Å². The van der Waals surface area contributed by atoms with Crippen molar-refractivity contribution in [2.24, 2.45) is 0 Å². The summed E-state index contributed by atoms with van der Waals surface area (Å²) in [4.78, 5) is 25.7. The Kier molecular flexibility index (Phi) is 3.60. The van der Waals surface area contributed by atoms with Crippen LogP contribution in [0.4, 0.5) is 0 Å². The second-order valence-electron chi connectivity index (χ2n) is 2.50. The van der Waals surface area contributed by atoms with Crippen LogP contribution in [0.25, 0.3) is 0 Å². The van der Waals surface area contributed by atoms with Gasteiger partial charge in [-0.05, 0) is 22.0 Å². The highest BCUT2D eigenvalue weighted by Crippen LogP contribution is 2.17.